The Balaban J connectivity index is 1.86. The van der Waals surface area contributed by atoms with Gasteiger partial charge in [-0.05, 0) is 57.0 Å². The van der Waals surface area contributed by atoms with Crippen LogP contribution >= 0.6 is 11.3 Å². The summed E-state index contributed by atoms with van der Waals surface area (Å²) in [5, 5.41) is 0.744. The van der Waals surface area contributed by atoms with E-state index in [0.717, 1.165) is 22.7 Å². The standard InChI is InChI=1S/C17H20FN3OS/c1-10-7-12(8-19)9-21(10)17(22)15-11(2)20-16(23-15)13-3-5-14(18)6-4-13/h3-6,10,12H,7-9,19H2,1-2H3. The molecular weight excluding hydrogens is 313 g/mol. The molecule has 2 aromatic rings. The van der Waals surface area contributed by atoms with Gasteiger partial charge in [-0.2, -0.15) is 0 Å². The van der Waals surface area contributed by atoms with E-state index in [1.165, 1.54) is 23.5 Å². The summed E-state index contributed by atoms with van der Waals surface area (Å²) < 4.78 is 13.0. The monoisotopic (exact) mass is 333 g/mol. The van der Waals surface area contributed by atoms with Crippen LogP contribution in [0.3, 0.4) is 0 Å². The Hall–Kier alpha value is -1.79. The summed E-state index contributed by atoms with van der Waals surface area (Å²) in [5.74, 6) is 0.118. The van der Waals surface area contributed by atoms with Crippen molar-refractivity contribution in [2.75, 3.05) is 13.1 Å². The Morgan fingerprint density at radius 2 is 2.13 bits per heavy atom. The van der Waals surface area contributed by atoms with Crippen molar-refractivity contribution in [1.82, 2.24) is 9.88 Å². The molecule has 2 unspecified atom stereocenters. The summed E-state index contributed by atoms with van der Waals surface area (Å²) >= 11 is 1.37. The zero-order valence-corrected chi connectivity index (χ0v) is 14.1. The zero-order chi connectivity index (χ0) is 16.6. The average molecular weight is 333 g/mol. The van der Waals surface area contributed by atoms with Gasteiger partial charge in [0.2, 0.25) is 0 Å². The summed E-state index contributed by atoms with van der Waals surface area (Å²) in [4.78, 5) is 19.9. The number of hydrogen-bond donors (Lipinski definition) is 1. The van der Waals surface area contributed by atoms with Gasteiger partial charge >= 0.3 is 0 Å². The summed E-state index contributed by atoms with van der Waals surface area (Å²) in [6.45, 7) is 5.22. The first-order chi connectivity index (χ1) is 11.0. The summed E-state index contributed by atoms with van der Waals surface area (Å²) in [6.07, 6.45) is 0.949. The van der Waals surface area contributed by atoms with Crippen molar-refractivity contribution in [3.63, 3.8) is 0 Å². The number of benzene rings is 1. The Kier molecular flexibility index (Phi) is 4.46. The second kappa shape index (κ2) is 6.37. The van der Waals surface area contributed by atoms with E-state index in [1.54, 1.807) is 12.1 Å². The fourth-order valence-corrected chi connectivity index (χ4v) is 4.07. The lowest BCUT2D eigenvalue weighted by Gasteiger charge is -2.20. The number of carbonyl (C=O) groups is 1. The quantitative estimate of drug-likeness (QED) is 0.939. The first kappa shape index (κ1) is 16.1. The molecule has 2 N–H and O–H groups in total. The van der Waals surface area contributed by atoms with Gasteiger partial charge in [0.1, 0.15) is 15.7 Å². The van der Waals surface area contributed by atoms with Crippen LogP contribution in [0.1, 0.15) is 28.7 Å². The molecule has 2 atom stereocenters. The van der Waals surface area contributed by atoms with Gasteiger partial charge in [-0.25, -0.2) is 9.37 Å². The predicted molar refractivity (Wildman–Crippen MR) is 89.9 cm³/mol. The summed E-state index contributed by atoms with van der Waals surface area (Å²) in [5.41, 5.74) is 7.29. The largest absolute Gasteiger partial charge is 0.335 e. The number of halogens is 1. The average Bonchev–Trinajstić information content (AvgIpc) is 3.10. The minimum atomic E-state index is -0.281. The maximum atomic E-state index is 13.0. The molecular formula is C17H20FN3OS. The van der Waals surface area contributed by atoms with Crippen LogP contribution in [0.15, 0.2) is 24.3 Å². The molecule has 1 fully saturated rings. The number of aryl methyl sites for hydroxylation is 1. The van der Waals surface area contributed by atoms with Gasteiger partial charge in [0.15, 0.2) is 0 Å². The molecule has 1 aliphatic rings. The molecule has 6 heteroatoms. The van der Waals surface area contributed by atoms with E-state index < -0.39 is 0 Å². The maximum Gasteiger partial charge on any atom is 0.266 e. The minimum absolute atomic E-state index is 0.0248. The van der Waals surface area contributed by atoms with Crippen LogP contribution in [-0.4, -0.2) is 34.9 Å². The number of rotatable bonds is 3. The van der Waals surface area contributed by atoms with Crippen LogP contribution in [0.2, 0.25) is 0 Å². The Morgan fingerprint density at radius 3 is 2.74 bits per heavy atom. The van der Waals surface area contributed by atoms with Crippen molar-refractivity contribution in [2.45, 2.75) is 26.3 Å². The highest BCUT2D eigenvalue weighted by Crippen LogP contribution is 2.31. The van der Waals surface area contributed by atoms with Gasteiger partial charge in [-0.15, -0.1) is 11.3 Å². The lowest BCUT2D eigenvalue weighted by molar-refractivity contribution is 0.0747. The number of nitrogens with two attached hydrogens (primary N) is 1. The molecule has 1 saturated heterocycles. The topological polar surface area (TPSA) is 59.2 Å². The van der Waals surface area contributed by atoms with Crippen molar-refractivity contribution in [3.05, 3.63) is 40.7 Å². The first-order valence-corrected chi connectivity index (χ1v) is 8.55. The number of likely N-dealkylation sites (tertiary alicyclic amines) is 1. The SMILES string of the molecule is Cc1nc(-c2ccc(F)cc2)sc1C(=O)N1CC(CN)CC1C. The van der Waals surface area contributed by atoms with Gasteiger partial charge in [0.25, 0.3) is 5.91 Å². The van der Waals surface area contributed by atoms with E-state index in [-0.39, 0.29) is 17.8 Å². The molecule has 0 saturated carbocycles. The second-order valence-electron chi connectivity index (χ2n) is 6.08. The summed E-state index contributed by atoms with van der Waals surface area (Å²) in [6, 6.07) is 6.38. The third-order valence-corrected chi connectivity index (χ3v) is 5.53. The number of carbonyl (C=O) groups excluding carboxylic acids is 1. The van der Waals surface area contributed by atoms with Gasteiger partial charge in [-0.3, -0.25) is 4.79 Å². The fourth-order valence-electron chi connectivity index (χ4n) is 3.04. The van der Waals surface area contributed by atoms with Crippen LogP contribution in [0.25, 0.3) is 10.6 Å². The smallest absolute Gasteiger partial charge is 0.266 e. The molecule has 3 rings (SSSR count). The molecule has 4 nitrogen and oxygen atoms in total. The van der Waals surface area contributed by atoms with Crippen LogP contribution in [0, 0.1) is 18.7 Å². The van der Waals surface area contributed by atoms with E-state index in [9.17, 15) is 9.18 Å². The highest BCUT2D eigenvalue weighted by atomic mass is 32.1. The minimum Gasteiger partial charge on any atom is -0.335 e. The number of aromatic nitrogens is 1. The molecule has 0 radical (unpaired) electrons. The zero-order valence-electron chi connectivity index (χ0n) is 13.3. The number of thiazole rings is 1. The molecule has 1 aromatic heterocycles. The van der Waals surface area contributed by atoms with E-state index in [0.29, 0.717) is 23.9 Å². The molecule has 1 aromatic carbocycles. The lowest BCUT2D eigenvalue weighted by atomic mass is 10.1. The van der Waals surface area contributed by atoms with Gasteiger partial charge in [0.05, 0.1) is 5.69 Å². The van der Waals surface area contributed by atoms with Crippen molar-refractivity contribution in [2.24, 2.45) is 11.7 Å². The van der Waals surface area contributed by atoms with E-state index in [4.69, 9.17) is 5.73 Å². The maximum absolute atomic E-state index is 13.0. The first-order valence-electron chi connectivity index (χ1n) is 7.74. The van der Waals surface area contributed by atoms with E-state index in [2.05, 4.69) is 11.9 Å². The van der Waals surface area contributed by atoms with Crippen LogP contribution in [0.4, 0.5) is 4.39 Å². The van der Waals surface area contributed by atoms with Crippen molar-refractivity contribution in [1.29, 1.82) is 0 Å². The van der Waals surface area contributed by atoms with Crippen molar-refractivity contribution < 1.29 is 9.18 Å². The predicted octanol–water partition coefficient (Wildman–Crippen LogP) is 3.07. The molecule has 0 spiro atoms. The molecule has 2 heterocycles. The van der Waals surface area contributed by atoms with E-state index in [1.807, 2.05) is 11.8 Å². The molecule has 0 bridgehead atoms. The highest BCUT2D eigenvalue weighted by molar-refractivity contribution is 7.17. The molecule has 1 aliphatic heterocycles. The number of amides is 1. The second-order valence-corrected chi connectivity index (χ2v) is 7.08. The third-order valence-electron chi connectivity index (χ3n) is 4.34. The number of nitrogens with zero attached hydrogens (tertiary/aromatic N) is 2. The Bertz CT molecular complexity index is 713. The number of hydrogen-bond acceptors (Lipinski definition) is 4. The van der Waals surface area contributed by atoms with Crippen LogP contribution in [0.5, 0.6) is 0 Å². The summed E-state index contributed by atoms with van der Waals surface area (Å²) in [7, 11) is 0. The van der Waals surface area contributed by atoms with Gasteiger partial charge in [0, 0.05) is 18.2 Å². The van der Waals surface area contributed by atoms with Gasteiger partial charge in [-0.1, -0.05) is 0 Å². The molecule has 1 amide bonds. The fraction of sp³-hybridized carbons (Fsp3) is 0.412. The van der Waals surface area contributed by atoms with Crippen LogP contribution in [-0.2, 0) is 0 Å². The molecule has 23 heavy (non-hydrogen) atoms. The van der Waals surface area contributed by atoms with E-state index >= 15 is 0 Å². The lowest BCUT2D eigenvalue weighted by Crippen LogP contribution is -2.34. The normalized spacial score (nSPS) is 21.0. The highest BCUT2D eigenvalue weighted by Gasteiger charge is 2.33. The third kappa shape index (κ3) is 3.14. The van der Waals surface area contributed by atoms with Crippen molar-refractivity contribution in [3.8, 4) is 10.6 Å². The van der Waals surface area contributed by atoms with Crippen molar-refractivity contribution >= 4 is 17.2 Å². The Morgan fingerprint density at radius 1 is 1.43 bits per heavy atom. The van der Waals surface area contributed by atoms with Gasteiger partial charge < -0.3 is 10.6 Å². The molecule has 0 aliphatic carbocycles. The van der Waals surface area contributed by atoms with Crippen LogP contribution < -0.4 is 5.73 Å². The molecule has 122 valence electrons. The Labute approximate surface area is 139 Å².